The molecule has 0 radical (unpaired) electrons. The molecule has 0 saturated carbocycles. The molecule has 0 heterocycles. The molecule has 0 aromatic heterocycles. The van der Waals surface area contributed by atoms with Gasteiger partial charge in [0.1, 0.15) is 6.04 Å². The van der Waals surface area contributed by atoms with E-state index in [-0.39, 0.29) is 11.8 Å². The Morgan fingerprint density at radius 2 is 1.79 bits per heavy atom. The van der Waals surface area contributed by atoms with Gasteiger partial charge in [-0.2, -0.15) is 0 Å². The number of aryl methyl sites for hydroxylation is 1. The summed E-state index contributed by atoms with van der Waals surface area (Å²) in [6.45, 7) is 7.08. The molecule has 0 bridgehead atoms. The summed E-state index contributed by atoms with van der Waals surface area (Å²) in [5, 5.41) is 2.91. The summed E-state index contributed by atoms with van der Waals surface area (Å²) in [6.07, 6.45) is 1.61. The molecule has 0 aliphatic carbocycles. The molecule has 1 N–H and O–H groups in total. The number of carbonyl (C=O) groups excluding carboxylic acids is 2. The minimum atomic E-state index is -0.475. The van der Waals surface area contributed by atoms with E-state index in [2.05, 4.69) is 42.6 Å². The molecule has 156 valence electrons. The maximum absolute atomic E-state index is 13.0. The summed E-state index contributed by atoms with van der Waals surface area (Å²) < 4.78 is 0. The summed E-state index contributed by atoms with van der Waals surface area (Å²) >= 11 is 1.60. The molecule has 1 atom stereocenters. The van der Waals surface area contributed by atoms with Crippen LogP contribution in [-0.2, 0) is 21.8 Å². The van der Waals surface area contributed by atoms with Crippen molar-refractivity contribution in [1.82, 2.24) is 10.2 Å². The number of rotatable bonds is 11. The molecule has 2 rings (SSSR count). The van der Waals surface area contributed by atoms with Crippen LogP contribution in [0.2, 0.25) is 0 Å². The summed E-state index contributed by atoms with van der Waals surface area (Å²) in [5.74, 6) is 1.08. The van der Waals surface area contributed by atoms with Gasteiger partial charge in [0.25, 0.3) is 0 Å². The van der Waals surface area contributed by atoms with E-state index in [1.165, 1.54) is 16.7 Å². The monoisotopic (exact) mass is 412 g/mol. The van der Waals surface area contributed by atoms with Crippen molar-refractivity contribution in [3.63, 3.8) is 0 Å². The van der Waals surface area contributed by atoms with Gasteiger partial charge in [-0.3, -0.25) is 9.59 Å². The van der Waals surface area contributed by atoms with Crippen molar-refractivity contribution >= 4 is 23.6 Å². The van der Waals surface area contributed by atoms with Crippen molar-refractivity contribution in [3.8, 4) is 0 Å². The van der Waals surface area contributed by atoms with Crippen LogP contribution in [0.25, 0.3) is 0 Å². The number of nitrogens with zero attached hydrogens (tertiary/aromatic N) is 1. The smallest absolute Gasteiger partial charge is 0.242 e. The summed E-state index contributed by atoms with van der Waals surface area (Å²) in [7, 11) is 0. The Balaban J connectivity index is 1.97. The Bertz CT molecular complexity index is 779. The van der Waals surface area contributed by atoms with Gasteiger partial charge >= 0.3 is 0 Å². The van der Waals surface area contributed by atoms with Gasteiger partial charge in [-0.25, -0.2) is 0 Å². The van der Waals surface area contributed by atoms with Gasteiger partial charge in [0.15, 0.2) is 0 Å². The van der Waals surface area contributed by atoms with Crippen LogP contribution in [0.15, 0.2) is 54.6 Å². The fourth-order valence-corrected chi connectivity index (χ4v) is 3.96. The lowest BCUT2D eigenvalue weighted by atomic mass is 10.1. The van der Waals surface area contributed by atoms with Gasteiger partial charge in [0.2, 0.25) is 11.8 Å². The largest absolute Gasteiger partial charge is 0.354 e. The molecule has 5 heteroatoms. The fraction of sp³-hybridized carbons (Fsp3) is 0.417. The zero-order valence-corrected chi connectivity index (χ0v) is 18.5. The molecule has 0 aliphatic rings. The van der Waals surface area contributed by atoms with Crippen LogP contribution in [0, 0.1) is 6.92 Å². The molecular weight excluding hydrogens is 380 g/mol. The first-order valence-corrected chi connectivity index (χ1v) is 11.4. The number of nitrogens with one attached hydrogen (secondary N) is 1. The zero-order chi connectivity index (χ0) is 21.1. The molecule has 2 aromatic carbocycles. The van der Waals surface area contributed by atoms with E-state index in [1.54, 1.807) is 16.7 Å². The van der Waals surface area contributed by atoms with E-state index >= 15 is 0 Å². The highest BCUT2D eigenvalue weighted by Crippen LogP contribution is 2.15. The highest BCUT2D eigenvalue weighted by Gasteiger charge is 2.25. The third-order valence-electron chi connectivity index (χ3n) is 4.78. The number of benzene rings is 2. The van der Waals surface area contributed by atoms with Crippen molar-refractivity contribution in [2.24, 2.45) is 0 Å². The maximum Gasteiger partial charge on any atom is 0.242 e. The molecule has 29 heavy (non-hydrogen) atoms. The number of carbonyl (C=O) groups is 2. The first-order valence-electron chi connectivity index (χ1n) is 10.3. The van der Waals surface area contributed by atoms with Gasteiger partial charge in [-0.1, -0.05) is 67.1 Å². The Morgan fingerprint density at radius 3 is 2.48 bits per heavy atom. The lowest BCUT2D eigenvalue weighted by Crippen LogP contribution is -2.49. The molecule has 4 nitrogen and oxygen atoms in total. The molecule has 0 saturated heterocycles. The van der Waals surface area contributed by atoms with Crippen molar-refractivity contribution in [3.05, 3.63) is 71.3 Å². The minimum absolute atomic E-state index is 0.0118. The average molecular weight is 413 g/mol. The number of hydrogen-bond acceptors (Lipinski definition) is 3. The maximum atomic E-state index is 13.0. The Morgan fingerprint density at radius 1 is 1.07 bits per heavy atom. The van der Waals surface area contributed by atoms with Gasteiger partial charge < -0.3 is 10.2 Å². The van der Waals surface area contributed by atoms with Gasteiger partial charge in [-0.15, -0.1) is 11.8 Å². The molecule has 0 aliphatic heterocycles. The summed E-state index contributed by atoms with van der Waals surface area (Å²) in [4.78, 5) is 27.2. The predicted molar refractivity (Wildman–Crippen MR) is 122 cm³/mol. The van der Waals surface area contributed by atoms with E-state index in [0.29, 0.717) is 18.8 Å². The second kappa shape index (κ2) is 12.3. The second-order valence-electron chi connectivity index (χ2n) is 7.27. The van der Waals surface area contributed by atoms with Crippen molar-refractivity contribution in [2.75, 3.05) is 18.8 Å². The van der Waals surface area contributed by atoms with Crippen LogP contribution in [-0.4, -0.2) is 41.6 Å². The zero-order valence-electron chi connectivity index (χ0n) is 17.7. The Kier molecular flexibility index (Phi) is 9.78. The molecule has 2 aromatic rings. The van der Waals surface area contributed by atoms with E-state index in [0.717, 1.165) is 18.6 Å². The average Bonchev–Trinajstić information content (AvgIpc) is 2.72. The lowest BCUT2D eigenvalue weighted by molar-refractivity contribution is -0.137. The van der Waals surface area contributed by atoms with Gasteiger partial charge in [0, 0.05) is 18.8 Å². The van der Waals surface area contributed by atoms with E-state index < -0.39 is 6.04 Å². The molecule has 0 spiro atoms. The fourth-order valence-electron chi connectivity index (χ4n) is 3.11. The third kappa shape index (κ3) is 7.94. The Labute approximate surface area is 179 Å². The van der Waals surface area contributed by atoms with Crippen LogP contribution in [0.1, 0.15) is 37.0 Å². The molecule has 0 unspecified atom stereocenters. The highest BCUT2D eigenvalue weighted by atomic mass is 32.2. The van der Waals surface area contributed by atoms with Crippen molar-refractivity contribution in [1.29, 1.82) is 0 Å². The van der Waals surface area contributed by atoms with Crippen molar-refractivity contribution in [2.45, 2.75) is 45.4 Å². The summed E-state index contributed by atoms with van der Waals surface area (Å²) in [5.41, 5.74) is 3.60. The Hall–Kier alpha value is -2.27. The van der Waals surface area contributed by atoms with Crippen LogP contribution < -0.4 is 5.32 Å². The van der Waals surface area contributed by atoms with Crippen molar-refractivity contribution < 1.29 is 9.59 Å². The SMILES string of the molecule is CCCNC(=O)[C@@H](C)N(CCc1ccccc1)C(=O)CSCc1cccc(C)c1. The number of thioether (sulfide) groups is 1. The highest BCUT2D eigenvalue weighted by molar-refractivity contribution is 7.99. The first-order chi connectivity index (χ1) is 14.0. The van der Waals surface area contributed by atoms with Crippen LogP contribution in [0.5, 0.6) is 0 Å². The van der Waals surface area contributed by atoms with E-state index in [9.17, 15) is 9.59 Å². The van der Waals surface area contributed by atoms with Gasteiger partial charge in [-0.05, 0) is 37.8 Å². The van der Waals surface area contributed by atoms with E-state index in [4.69, 9.17) is 0 Å². The lowest BCUT2D eigenvalue weighted by Gasteiger charge is -2.28. The number of amides is 2. The molecule has 2 amide bonds. The van der Waals surface area contributed by atoms with Crippen LogP contribution in [0.3, 0.4) is 0 Å². The molecular formula is C24H32N2O2S. The van der Waals surface area contributed by atoms with Crippen LogP contribution in [0.4, 0.5) is 0 Å². The van der Waals surface area contributed by atoms with E-state index in [1.807, 2.05) is 38.1 Å². The van der Waals surface area contributed by atoms with Crippen LogP contribution >= 0.6 is 11.8 Å². The molecule has 0 fully saturated rings. The first kappa shape index (κ1) is 23.0. The quantitative estimate of drug-likeness (QED) is 0.601. The normalized spacial score (nSPS) is 11.7. The predicted octanol–water partition coefficient (Wildman–Crippen LogP) is 4.21. The standard InChI is InChI=1S/C24H32N2O2S/c1-4-14-25-24(28)20(3)26(15-13-21-10-6-5-7-11-21)23(27)18-29-17-22-12-8-9-19(2)16-22/h5-12,16,20H,4,13-15,17-18H2,1-3H3,(H,25,28)/t20-/m1/s1. The second-order valence-corrected chi connectivity index (χ2v) is 8.26. The van der Waals surface area contributed by atoms with Gasteiger partial charge in [0.05, 0.1) is 5.75 Å². The summed E-state index contributed by atoms with van der Waals surface area (Å²) in [6, 6.07) is 17.9. The number of hydrogen-bond donors (Lipinski definition) is 1. The minimum Gasteiger partial charge on any atom is -0.354 e. The third-order valence-corrected chi connectivity index (χ3v) is 5.77. The topological polar surface area (TPSA) is 49.4 Å².